The van der Waals surface area contributed by atoms with Crippen molar-refractivity contribution in [3.8, 4) is 0 Å². The minimum Gasteiger partial charge on any atom is -0.349 e. The van der Waals surface area contributed by atoms with Gasteiger partial charge >= 0.3 is 0 Å². The summed E-state index contributed by atoms with van der Waals surface area (Å²) < 4.78 is 0. The maximum Gasteiger partial charge on any atom is 0.220 e. The predicted molar refractivity (Wildman–Crippen MR) is 68.7 cm³/mol. The number of carbonyl (C=O) groups is 1. The fraction of sp³-hybridized carbons (Fsp3) is 0.923. The lowest BCUT2D eigenvalue weighted by molar-refractivity contribution is -0.124. The Labute approximate surface area is 104 Å². The molecule has 0 saturated heterocycles. The van der Waals surface area contributed by atoms with E-state index in [0.717, 1.165) is 18.8 Å². The van der Waals surface area contributed by atoms with E-state index in [0.29, 0.717) is 18.2 Å². The first-order chi connectivity index (χ1) is 7.47. The first kappa shape index (κ1) is 13.8. The molecule has 0 unspecified atom stereocenters. The van der Waals surface area contributed by atoms with E-state index in [4.69, 9.17) is 11.6 Å². The number of halogens is 1. The van der Waals surface area contributed by atoms with Crippen LogP contribution in [0.5, 0.6) is 0 Å². The smallest absolute Gasteiger partial charge is 0.220 e. The van der Waals surface area contributed by atoms with Gasteiger partial charge in [-0.1, -0.05) is 20.8 Å². The Morgan fingerprint density at radius 1 is 1.44 bits per heavy atom. The molecule has 3 heteroatoms. The molecule has 16 heavy (non-hydrogen) atoms. The fourth-order valence-electron chi connectivity index (χ4n) is 2.32. The van der Waals surface area contributed by atoms with Gasteiger partial charge in [-0.3, -0.25) is 4.79 Å². The van der Waals surface area contributed by atoms with Gasteiger partial charge in [0.05, 0.1) is 5.54 Å². The van der Waals surface area contributed by atoms with E-state index >= 15 is 0 Å². The molecule has 0 aliphatic heterocycles. The summed E-state index contributed by atoms with van der Waals surface area (Å²) in [5.41, 5.74) is -0.125. The lowest BCUT2D eigenvalue weighted by Gasteiger charge is -2.39. The summed E-state index contributed by atoms with van der Waals surface area (Å²) in [5, 5.41) is 3.16. The summed E-state index contributed by atoms with van der Waals surface area (Å²) in [6.07, 6.45) is 5.01. The van der Waals surface area contributed by atoms with Crippen LogP contribution in [0.3, 0.4) is 0 Å². The second-order valence-corrected chi connectivity index (χ2v) is 6.01. The average molecular weight is 246 g/mol. The third-order valence-corrected chi connectivity index (χ3v) is 4.00. The van der Waals surface area contributed by atoms with Crippen molar-refractivity contribution in [2.75, 3.05) is 5.88 Å². The van der Waals surface area contributed by atoms with Gasteiger partial charge in [0.2, 0.25) is 5.91 Å². The Kier molecular flexibility index (Phi) is 5.10. The molecule has 94 valence electrons. The van der Waals surface area contributed by atoms with Gasteiger partial charge in [0.1, 0.15) is 0 Å². The van der Waals surface area contributed by atoms with Gasteiger partial charge < -0.3 is 5.32 Å². The Balaban J connectivity index is 2.50. The molecule has 1 amide bonds. The van der Waals surface area contributed by atoms with Gasteiger partial charge in [-0.05, 0) is 37.5 Å². The molecule has 2 nitrogen and oxygen atoms in total. The number of alkyl halides is 1. The van der Waals surface area contributed by atoms with Gasteiger partial charge in [-0.2, -0.15) is 0 Å². The summed E-state index contributed by atoms with van der Waals surface area (Å²) in [6.45, 7) is 6.40. The van der Waals surface area contributed by atoms with Crippen LogP contribution in [0.25, 0.3) is 0 Å². The monoisotopic (exact) mass is 245 g/mol. The third-order valence-electron chi connectivity index (χ3n) is 3.49. The normalized spacial score (nSPS) is 30.4. The van der Waals surface area contributed by atoms with E-state index in [1.54, 1.807) is 0 Å². The Morgan fingerprint density at radius 3 is 2.44 bits per heavy atom. The second-order valence-electron chi connectivity index (χ2n) is 5.74. The van der Waals surface area contributed by atoms with E-state index < -0.39 is 0 Å². The molecule has 0 aromatic heterocycles. The summed E-state index contributed by atoms with van der Waals surface area (Å²) in [7, 11) is 0. The van der Waals surface area contributed by atoms with Crippen molar-refractivity contribution in [2.24, 2.45) is 11.8 Å². The first-order valence-electron chi connectivity index (χ1n) is 6.34. The van der Waals surface area contributed by atoms with Gasteiger partial charge in [-0.15, -0.1) is 11.6 Å². The summed E-state index contributed by atoms with van der Waals surface area (Å²) in [6, 6.07) is 0. The zero-order valence-electron chi connectivity index (χ0n) is 10.7. The maximum atomic E-state index is 11.8. The third kappa shape index (κ3) is 3.97. The van der Waals surface area contributed by atoms with Crippen molar-refractivity contribution >= 4 is 17.5 Å². The molecule has 0 aromatic rings. The Hall–Kier alpha value is -0.240. The number of carbonyl (C=O) groups excluding carboxylic acids is 1. The molecule has 0 radical (unpaired) electrons. The zero-order valence-corrected chi connectivity index (χ0v) is 11.4. The van der Waals surface area contributed by atoms with Crippen LogP contribution in [-0.4, -0.2) is 17.3 Å². The van der Waals surface area contributed by atoms with Crippen LogP contribution in [0.2, 0.25) is 0 Å². The SMILES string of the molecule is CC(C)CC(=O)NC1(CCl)CCC(C)CC1. The molecule has 0 aromatic carbocycles. The Bertz CT molecular complexity index is 232. The fourth-order valence-corrected chi connectivity index (χ4v) is 2.66. The highest BCUT2D eigenvalue weighted by molar-refractivity contribution is 6.18. The minimum atomic E-state index is -0.125. The molecular weight excluding hydrogens is 222 g/mol. The standard InChI is InChI=1S/C13H24ClNO/c1-10(2)8-12(16)15-13(9-14)6-4-11(3)5-7-13/h10-11H,4-9H2,1-3H3,(H,15,16). The molecule has 1 rings (SSSR count). The van der Waals surface area contributed by atoms with Crippen molar-refractivity contribution in [1.82, 2.24) is 5.32 Å². The van der Waals surface area contributed by atoms with E-state index in [9.17, 15) is 4.79 Å². The molecule has 1 saturated carbocycles. The molecule has 0 atom stereocenters. The lowest BCUT2D eigenvalue weighted by Crippen LogP contribution is -2.52. The van der Waals surface area contributed by atoms with Gasteiger partial charge in [0.15, 0.2) is 0 Å². The predicted octanol–water partition coefficient (Wildman–Crippen LogP) is 3.34. The molecule has 1 fully saturated rings. The summed E-state index contributed by atoms with van der Waals surface area (Å²) in [5.74, 6) is 1.89. The lowest BCUT2D eigenvalue weighted by atomic mass is 9.78. The molecule has 1 aliphatic rings. The average Bonchev–Trinajstić information content (AvgIpc) is 2.21. The molecule has 0 spiro atoms. The van der Waals surface area contributed by atoms with Crippen LogP contribution in [0, 0.1) is 11.8 Å². The molecule has 0 bridgehead atoms. The van der Waals surface area contributed by atoms with Crippen LogP contribution in [0.1, 0.15) is 52.9 Å². The largest absolute Gasteiger partial charge is 0.349 e. The highest BCUT2D eigenvalue weighted by atomic mass is 35.5. The Morgan fingerprint density at radius 2 is 2.00 bits per heavy atom. The number of amides is 1. The van der Waals surface area contributed by atoms with Gasteiger partial charge in [0.25, 0.3) is 0 Å². The van der Waals surface area contributed by atoms with Gasteiger partial charge in [-0.25, -0.2) is 0 Å². The topological polar surface area (TPSA) is 29.1 Å². The second kappa shape index (κ2) is 5.90. The van der Waals surface area contributed by atoms with E-state index in [2.05, 4.69) is 26.1 Å². The number of nitrogens with one attached hydrogen (secondary N) is 1. The van der Waals surface area contributed by atoms with Crippen LogP contribution < -0.4 is 5.32 Å². The molecule has 1 aliphatic carbocycles. The zero-order chi connectivity index (χ0) is 12.2. The van der Waals surface area contributed by atoms with Crippen molar-refractivity contribution in [1.29, 1.82) is 0 Å². The van der Waals surface area contributed by atoms with Crippen LogP contribution in [0.4, 0.5) is 0 Å². The van der Waals surface area contributed by atoms with Crippen LogP contribution in [0.15, 0.2) is 0 Å². The number of hydrogen-bond donors (Lipinski definition) is 1. The van der Waals surface area contributed by atoms with E-state index in [-0.39, 0.29) is 11.4 Å². The molecule has 0 heterocycles. The first-order valence-corrected chi connectivity index (χ1v) is 6.88. The number of hydrogen-bond acceptors (Lipinski definition) is 1. The van der Waals surface area contributed by atoms with Gasteiger partial charge in [0, 0.05) is 12.3 Å². The summed E-state index contributed by atoms with van der Waals surface area (Å²) in [4.78, 5) is 11.8. The van der Waals surface area contributed by atoms with Crippen molar-refractivity contribution in [3.05, 3.63) is 0 Å². The van der Waals surface area contributed by atoms with Crippen molar-refractivity contribution in [2.45, 2.75) is 58.4 Å². The van der Waals surface area contributed by atoms with Crippen molar-refractivity contribution in [3.63, 3.8) is 0 Å². The quantitative estimate of drug-likeness (QED) is 0.757. The van der Waals surface area contributed by atoms with E-state index in [1.807, 2.05) is 0 Å². The van der Waals surface area contributed by atoms with Crippen molar-refractivity contribution < 1.29 is 4.79 Å². The van der Waals surface area contributed by atoms with Crippen LogP contribution >= 0.6 is 11.6 Å². The molecular formula is C13H24ClNO. The van der Waals surface area contributed by atoms with E-state index in [1.165, 1.54) is 12.8 Å². The highest BCUT2D eigenvalue weighted by Gasteiger charge is 2.34. The highest BCUT2D eigenvalue weighted by Crippen LogP contribution is 2.32. The minimum absolute atomic E-state index is 0.125. The maximum absolute atomic E-state index is 11.8. The van der Waals surface area contributed by atoms with Crippen LogP contribution in [-0.2, 0) is 4.79 Å². The number of rotatable bonds is 4. The summed E-state index contributed by atoms with van der Waals surface area (Å²) >= 11 is 6.05. The molecule has 1 N–H and O–H groups in total.